The Hall–Kier alpha value is -3.02. The van der Waals surface area contributed by atoms with Crippen LogP contribution >= 0.6 is 0 Å². The van der Waals surface area contributed by atoms with E-state index in [4.69, 9.17) is 4.74 Å². The number of nitrogens with one attached hydrogen (secondary N) is 1. The summed E-state index contributed by atoms with van der Waals surface area (Å²) in [6.07, 6.45) is 0. The molecule has 1 fully saturated rings. The lowest BCUT2D eigenvalue weighted by molar-refractivity contribution is -0.143. The van der Waals surface area contributed by atoms with Crippen LogP contribution in [-0.4, -0.2) is 50.0 Å². The molecule has 0 spiro atoms. The third-order valence-corrected chi connectivity index (χ3v) is 4.49. The molecule has 2 aromatic rings. The van der Waals surface area contributed by atoms with Crippen molar-refractivity contribution in [3.8, 4) is 5.75 Å². The SMILES string of the molecule is COc1ccc(C)cc1NC(=O)C(=O)N1CCN(c2ccccc2)CC1. The highest BCUT2D eigenvalue weighted by Gasteiger charge is 2.26. The summed E-state index contributed by atoms with van der Waals surface area (Å²) in [5, 5.41) is 2.67. The first-order valence-electron chi connectivity index (χ1n) is 8.63. The van der Waals surface area contributed by atoms with Crippen LogP contribution in [0.2, 0.25) is 0 Å². The maximum Gasteiger partial charge on any atom is 0.314 e. The second-order valence-corrected chi connectivity index (χ2v) is 6.27. The quantitative estimate of drug-likeness (QED) is 0.860. The van der Waals surface area contributed by atoms with Crippen LogP contribution in [-0.2, 0) is 9.59 Å². The monoisotopic (exact) mass is 353 g/mol. The van der Waals surface area contributed by atoms with Crippen LogP contribution in [0.15, 0.2) is 48.5 Å². The van der Waals surface area contributed by atoms with Crippen LogP contribution in [0.4, 0.5) is 11.4 Å². The summed E-state index contributed by atoms with van der Waals surface area (Å²) in [6, 6.07) is 15.5. The van der Waals surface area contributed by atoms with E-state index >= 15 is 0 Å². The van der Waals surface area contributed by atoms with E-state index in [0.29, 0.717) is 37.6 Å². The number of rotatable bonds is 3. The van der Waals surface area contributed by atoms with Gasteiger partial charge in [0, 0.05) is 31.9 Å². The maximum absolute atomic E-state index is 12.5. The van der Waals surface area contributed by atoms with Gasteiger partial charge < -0.3 is 19.9 Å². The number of ether oxygens (including phenoxy) is 1. The maximum atomic E-state index is 12.5. The predicted molar refractivity (Wildman–Crippen MR) is 102 cm³/mol. The number of methoxy groups -OCH3 is 1. The Balaban J connectivity index is 1.60. The van der Waals surface area contributed by atoms with Crippen LogP contribution in [0.25, 0.3) is 0 Å². The molecule has 1 heterocycles. The van der Waals surface area contributed by atoms with Gasteiger partial charge in [-0.3, -0.25) is 9.59 Å². The van der Waals surface area contributed by atoms with E-state index < -0.39 is 11.8 Å². The van der Waals surface area contributed by atoms with Gasteiger partial charge in [0.1, 0.15) is 5.75 Å². The highest BCUT2D eigenvalue weighted by Crippen LogP contribution is 2.25. The number of carbonyl (C=O) groups is 2. The summed E-state index contributed by atoms with van der Waals surface area (Å²) in [5.41, 5.74) is 2.62. The summed E-state index contributed by atoms with van der Waals surface area (Å²) in [5.74, 6) is -0.617. The van der Waals surface area contributed by atoms with E-state index in [2.05, 4.69) is 10.2 Å². The van der Waals surface area contributed by atoms with Crippen molar-refractivity contribution < 1.29 is 14.3 Å². The van der Waals surface area contributed by atoms with E-state index in [9.17, 15) is 9.59 Å². The Kier molecular flexibility index (Phi) is 5.41. The summed E-state index contributed by atoms with van der Waals surface area (Å²) < 4.78 is 5.24. The summed E-state index contributed by atoms with van der Waals surface area (Å²) >= 11 is 0. The van der Waals surface area contributed by atoms with Crippen molar-refractivity contribution in [3.63, 3.8) is 0 Å². The molecule has 0 aliphatic carbocycles. The van der Waals surface area contributed by atoms with Crippen molar-refractivity contribution in [3.05, 3.63) is 54.1 Å². The summed E-state index contributed by atoms with van der Waals surface area (Å²) in [6.45, 7) is 4.37. The van der Waals surface area contributed by atoms with E-state index in [1.165, 1.54) is 7.11 Å². The topological polar surface area (TPSA) is 61.9 Å². The summed E-state index contributed by atoms with van der Waals surface area (Å²) in [4.78, 5) is 28.7. The second kappa shape index (κ2) is 7.91. The third kappa shape index (κ3) is 3.96. The number of benzene rings is 2. The summed E-state index contributed by atoms with van der Waals surface area (Å²) in [7, 11) is 1.53. The number of aryl methyl sites for hydroxylation is 1. The van der Waals surface area contributed by atoms with Crippen LogP contribution < -0.4 is 15.0 Å². The van der Waals surface area contributed by atoms with Crippen LogP contribution in [0.1, 0.15) is 5.56 Å². The second-order valence-electron chi connectivity index (χ2n) is 6.27. The van der Waals surface area contributed by atoms with Crippen LogP contribution in [0.3, 0.4) is 0 Å². The zero-order chi connectivity index (χ0) is 18.5. The number of para-hydroxylation sites is 1. The van der Waals surface area contributed by atoms with Gasteiger partial charge in [0.25, 0.3) is 0 Å². The van der Waals surface area contributed by atoms with Crippen molar-refractivity contribution in [2.75, 3.05) is 43.5 Å². The molecule has 0 unspecified atom stereocenters. The molecule has 0 atom stereocenters. The molecule has 6 nitrogen and oxygen atoms in total. The smallest absolute Gasteiger partial charge is 0.314 e. The van der Waals surface area contributed by atoms with E-state index in [1.54, 1.807) is 17.0 Å². The van der Waals surface area contributed by atoms with Gasteiger partial charge in [-0.25, -0.2) is 0 Å². The Morgan fingerprint density at radius 1 is 1.00 bits per heavy atom. The molecule has 1 aliphatic rings. The highest BCUT2D eigenvalue weighted by molar-refractivity contribution is 6.39. The third-order valence-electron chi connectivity index (χ3n) is 4.49. The van der Waals surface area contributed by atoms with E-state index in [1.807, 2.05) is 43.3 Å². The highest BCUT2D eigenvalue weighted by atomic mass is 16.5. The van der Waals surface area contributed by atoms with Gasteiger partial charge in [-0.2, -0.15) is 0 Å². The zero-order valence-electron chi connectivity index (χ0n) is 15.1. The number of hydrogen-bond acceptors (Lipinski definition) is 4. The van der Waals surface area contributed by atoms with E-state index in [-0.39, 0.29) is 0 Å². The minimum absolute atomic E-state index is 0.508. The van der Waals surface area contributed by atoms with Gasteiger partial charge in [-0.15, -0.1) is 0 Å². The minimum Gasteiger partial charge on any atom is -0.495 e. The Morgan fingerprint density at radius 3 is 2.35 bits per heavy atom. The van der Waals surface area contributed by atoms with Crippen molar-refractivity contribution in [2.24, 2.45) is 0 Å². The number of amides is 2. The molecule has 136 valence electrons. The van der Waals surface area contributed by atoms with Crippen molar-refractivity contribution in [2.45, 2.75) is 6.92 Å². The molecule has 1 aliphatic heterocycles. The number of carbonyl (C=O) groups excluding carboxylic acids is 2. The van der Waals surface area contributed by atoms with Gasteiger partial charge >= 0.3 is 11.8 Å². The Labute approximate surface area is 153 Å². The first-order valence-corrected chi connectivity index (χ1v) is 8.63. The predicted octanol–water partition coefficient (Wildman–Crippen LogP) is 2.29. The average Bonchev–Trinajstić information content (AvgIpc) is 2.68. The fraction of sp³-hybridized carbons (Fsp3) is 0.300. The molecule has 0 radical (unpaired) electrons. The van der Waals surface area contributed by atoms with Crippen LogP contribution in [0, 0.1) is 6.92 Å². The molecule has 2 amide bonds. The molecular weight excluding hydrogens is 330 g/mol. The first-order chi connectivity index (χ1) is 12.6. The molecule has 0 bridgehead atoms. The van der Waals surface area contributed by atoms with Gasteiger partial charge in [0.2, 0.25) is 0 Å². The molecule has 6 heteroatoms. The van der Waals surface area contributed by atoms with Gasteiger partial charge in [0.15, 0.2) is 0 Å². The molecule has 0 aromatic heterocycles. The van der Waals surface area contributed by atoms with Crippen molar-refractivity contribution in [1.82, 2.24) is 4.90 Å². The molecular formula is C20H23N3O3. The molecule has 3 rings (SSSR count). The van der Waals surface area contributed by atoms with Crippen LogP contribution in [0.5, 0.6) is 5.75 Å². The lowest BCUT2D eigenvalue weighted by Crippen LogP contribution is -2.51. The van der Waals surface area contributed by atoms with Gasteiger partial charge in [0.05, 0.1) is 12.8 Å². The number of hydrogen-bond donors (Lipinski definition) is 1. The largest absolute Gasteiger partial charge is 0.495 e. The Bertz CT molecular complexity index is 784. The lowest BCUT2D eigenvalue weighted by Gasteiger charge is -2.35. The number of nitrogens with zero attached hydrogens (tertiary/aromatic N) is 2. The normalized spacial score (nSPS) is 14.1. The number of anilines is 2. The molecule has 1 saturated heterocycles. The molecule has 26 heavy (non-hydrogen) atoms. The fourth-order valence-corrected chi connectivity index (χ4v) is 3.05. The van der Waals surface area contributed by atoms with Crippen molar-refractivity contribution in [1.29, 1.82) is 0 Å². The zero-order valence-corrected chi connectivity index (χ0v) is 15.1. The van der Waals surface area contributed by atoms with Gasteiger partial charge in [-0.1, -0.05) is 24.3 Å². The van der Waals surface area contributed by atoms with E-state index in [0.717, 1.165) is 11.3 Å². The molecule has 0 saturated carbocycles. The lowest BCUT2D eigenvalue weighted by atomic mass is 10.2. The minimum atomic E-state index is -0.637. The Morgan fingerprint density at radius 2 is 1.69 bits per heavy atom. The average molecular weight is 353 g/mol. The standard InChI is InChI=1S/C20H23N3O3/c1-15-8-9-18(26-2)17(14-15)21-19(24)20(25)23-12-10-22(11-13-23)16-6-4-3-5-7-16/h3-9,14H,10-13H2,1-2H3,(H,21,24). The van der Waals surface area contributed by atoms with Crippen molar-refractivity contribution >= 4 is 23.2 Å². The first kappa shape index (κ1) is 17.8. The molecule has 1 N–H and O–H groups in total. The van der Waals surface area contributed by atoms with Gasteiger partial charge in [-0.05, 0) is 36.8 Å². The number of piperazine rings is 1. The fourth-order valence-electron chi connectivity index (χ4n) is 3.05. The molecule has 2 aromatic carbocycles.